The van der Waals surface area contributed by atoms with E-state index in [4.69, 9.17) is 4.74 Å². The number of ether oxygens (including phenoxy) is 1. The van der Waals surface area contributed by atoms with E-state index in [-0.39, 0.29) is 36.2 Å². The third-order valence-electron chi connectivity index (χ3n) is 7.86. The van der Waals surface area contributed by atoms with Gasteiger partial charge in [-0.2, -0.15) is 0 Å². The third-order valence-corrected chi connectivity index (χ3v) is 7.86. The topological polar surface area (TPSA) is 105 Å². The summed E-state index contributed by atoms with van der Waals surface area (Å²) in [6.45, 7) is 2.55. The summed E-state index contributed by atoms with van der Waals surface area (Å²) in [6.07, 6.45) is -0.541. The Labute approximate surface area is 266 Å². The first kappa shape index (κ1) is 30.1. The first-order chi connectivity index (χ1) is 22.4. The molecule has 1 atom stereocenters. The highest BCUT2D eigenvalue weighted by Crippen LogP contribution is 2.42. The summed E-state index contributed by atoms with van der Waals surface area (Å²) in [4.78, 5) is 41.8. The molecule has 9 heteroatoms. The van der Waals surface area contributed by atoms with Crippen molar-refractivity contribution < 1.29 is 19.2 Å². The van der Waals surface area contributed by atoms with Gasteiger partial charge in [0.05, 0.1) is 16.2 Å². The van der Waals surface area contributed by atoms with Gasteiger partial charge >= 0.3 is 0 Å². The van der Waals surface area contributed by atoms with Crippen molar-refractivity contribution in [3.63, 3.8) is 0 Å². The van der Waals surface area contributed by atoms with Crippen LogP contribution < -0.4 is 15.0 Å². The van der Waals surface area contributed by atoms with E-state index in [9.17, 15) is 19.7 Å². The van der Waals surface area contributed by atoms with E-state index in [0.717, 1.165) is 22.3 Å². The van der Waals surface area contributed by atoms with E-state index in [1.807, 2.05) is 104 Å². The van der Waals surface area contributed by atoms with Gasteiger partial charge in [-0.3, -0.25) is 19.7 Å². The number of nitrogens with one attached hydrogen (secondary N) is 1. The number of anilines is 2. The third kappa shape index (κ3) is 6.73. The Morgan fingerprint density at radius 2 is 1.41 bits per heavy atom. The molecule has 5 aromatic carbocycles. The maximum absolute atomic E-state index is 14.2. The van der Waals surface area contributed by atoms with Gasteiger partial charge in [0.1, 0.15) is 11.9 Å². The fraction of sp³-hybridized carbons (Fsp3) is 0.135. The van der Waals surface area contributed by atoms with Crippen molar-refractivity contribution >= 4 is 28.9 Å². The fourth-order valence-corrected chi connectivity index (χ4v) is 5.59. The number of nitrogens with zero attached hydrogens (tertiary/aromatic N) is 3. The van der Waals surface area contributed by atoms with Gasteiger partial charge < -0.3 is 19.9 Å². The van der Waals surface area contributed by atoms with Crippen LogP contribution in [0.5, 0.6) is 5.75 Å². The van der Waals surface area contributed by atoms with E-state index in [1.165, 1.54) is 12.1 Å². The molecular formula is C37H32N4O5. The second kappa shape index (κ2) is 13.4. The van der Waals surface area contributed by atoms with Gasteiger partial charge in [-0.1, -0.05) is 90.5 Å². The predicted molar refractivity (Wildman–Crippen MR) is 177 cm³/mol. The Balaban J connectivity index is 1.33. The number of aryl methyl sites for hydroxylation is 1. The highest BCUT2D eigenvalue weighted by molar-refractivity contribution is 6.02. The SMILES string of the molecule is Cc1ccc(NC(=O)COc2ccc([C@H]3N(Cc4ccccc4)C(=O)c4cc([N+](=O)[O-])ccc4N3Cc3ccccc3)cc2)cc1. The molecule has 1 aliphatic rings. The van der Waals surface area contributed by atoms with Crippen molar-refractivity contribution in [1.29, 1.82) is 0 Å². The molecule has 9 nitrogen and oxygen atoms in total. The molecule has 0 spiro atoms. The lowest BCUT2D eigenvalue weighted by atomic mass is 9.98. The number of benzene rings is 5. The molecule has 46 heavy (non-hydrogen) atoms. The molecule has 0 fully saturated rings. The van der Waals surface area contributed by atoms with Gasteiger partial charge in [-0.15, -0.1) is 0 Å². The Kier molecular flexibility index (Phi) is 8.73. The zero-order valence-electron chi connectivity index (χ0n) is 25.2. The standard InChI is InChI=1S/C37H32N4O5/c1-26-12-16-30(17-13-26)38-35(42)25-46-32-19-14-29(15-20-32)36-39(23-27-8-4-2-5-9-27)34-21-18-31(41(44)45)22-33(34)37(43)40(36)24-28-10-6-3-7-11-28/h2-22,36H,23-25H2,1H3,(H,38,42)/t36-/m1/s1. The second-order valence-electron chi connectivity index (χ2n) is 11.1. The summed E-state index contributed by atoms with van der Waals surface area (Å²) in [5.74, 6) is -0.0743. The van der Waals surface area contributed by atoms with Crippen LogP contribution in [0, 0.1) is 17.0 Å². The number of nitro benzene ring substituents is 1. The molecule has 1 aliphatic heterocycles. The van der Waals surface area contributed by atoms with Gasteiger partial charge in [0, 0.05) is 30.9 Å². The number of rotatable bonds is 10. The molecule has 1 heterocycles. The van der Waals surface area contributed by atoms with Crippen LogP contribution in [0.3, 0.4) is 0 Å². The average Bonchev–Trinajstić information content (AvgIpc) is 3.08. The molecule has 0 aromatic heterocycles. The molecule has 0 unspecified atom stereocenters. The fourth-order valence-electron chi connectivity index (χ4n) is 5.59. The van der Waals surface area contributed by atoms with Crippen LogP contribution in [0.15, 0.2) is 127 Å². The van der Waals surface area contributed by atoms with Gasteiger partial charge in [-0.05, 0) is 53.9 Å². The van der Waals surface area contributed by atoms with Crippen LogP contribution in [-0.2, 0) is 17.9 Å². The van der Waals surface area contributed by atoms with Crippen LogP contribution >= 0.6 is 0 Å². The first-order valence-corrected chi connectivity index (χ1v) is 14.9. The number of hydrogen-bond donors (Lipinski definition) is 1. The van der Waals surface area contributed by atoms with Gasteiger partial charge in [0.2, 0.25) is 0 Å². The molecule has 0 bridgehead atoms. The summed E-state index contributed by atoms with van der Waals surface area (Å²) >= 11 is 0. The molecule has 5 aromatic rings. The number of carbonyl (C=O) groups is 2. The molecule has 6 rings (SSSR count). The lowest BCUT2D eigenvalue weighted by Gasteiger charge is -2.46. The Hall–Kier alpha value is -5.96. The number of hydrogen-bond acceptors (Lipinski definition) is 6. The molecule has 230 valence electrons. The molecule has 2 amide bonds. The van der Waals surface area contributed by atoms with E-state index >= 15 is 0 Å². The minimum Gasteiger partial charge on any atom is -0.484 e. The molecule has 0 saturated heterocycles. The van der Waals surface area contributed by atoms with Crippen LogP contribution in [0.4, 0.5) is 17.1 Å². The maximum atomic E-state index is 14.2. The summed E-state index contributed by atoms with van der Waals surface area (Å²) in [6, 6.07) is 38.9. The Morgan fingerprint density at radius 3 is 2.02 bits per heavy atom. The zero-order valence-corrected chi connectivity index (χ0v) is 25.2. The van der Waals surface area contributed by atoms with Crippen molar-refractivity contribution in [3.8, 4) is 5.75 Å². The van der Waals surface area contributed by atoms with E-state index in [0.29, 0.717) is 23.7 Å². The lowest BCUT2D eigenvalue weighted by Crippen LogP contribution is -2.48. The lowest BCUT2D eigenvalue weighted by molar-refractivity contribution is -0.384. The van der Waals surface area contributed by atoms with Crippen LogP contribution in [0.2, 0.25) is 0 Å². The van der Waals surface area contributed by atoms with Crippen molar-refractivity contribution in [2.45, 2.75) is 26.2 Å². The highest BCUT2D eigenvalue weighted by Gasteiger charge is 2.39. The van der Waals surface area contributed by atoms with Gasteiger partial charge in [0.15, 0.2) is 6.61 Å². The number of fused-ring (bicyclic) bond motifs is 1. The van der Waals surface area contributed by atoms with Crippen LogP contribution in [-0.4, -0.2) is 28.2 Å². The van der Waals surface area contributed by atoms with Crippen LogP contribution in [0.25, 0.3) is 0 Å². The average molecular weight is 613 g/mol. The van der Waals surface area contributed by atoms with E-state index in [2.05, 4.69) is 10.2 Å². The molecule has 1 N–H and O–H groups in total. The second-order valence-corrected chi connectivity index (χ2v) is 11.1. The first-order valence-electron chi connectivity index (χ1n) is 14.9. The van der Waals surface area contributed by atoms with Crippen molar-refractivity contribution in [2.75, 3.05) is 16.8 Å². The van der Waals surface area contributed by atoms with E-state index < -0.39 is 11.1 Å². The smallest absolute Gasteiger partial charge is 0.270 e. The van der Waals surface area contributed by atoms with Crippen LogP contribution in [0.1, 0.15) is 38.8 Å². The summed E-state index contributed by atoms with van der Waals surface area (Å²) < 4.78 is 5.79. The summed E-state index contributed by atoms with van der Waals surface area (Å²) in [5.41, 5.74) is 5.30. The minimum atomic E-state index is -0.541. The summed E-state index contributed by atoms with van der Waals surface area (Å²) in [7, 11) is 0. The summed E-state index contributed by atoms with van der Waals surface area (Å²) in [5, 5.41) is 14.5. The quantitative estimate of drug-likeness (QED) is 0.131. The largest absolute Gasteiger partial charge is 0.484 e. The van der Waals surface area contributed by atoms with E-state index in [1.54, 1.807) is 23.1 Å². The number of amides is 2. The van der Waals surface area contributed by atoms with Crippen molar-refractivity contribution in [1.82, 2.24) is 4.90 Å². The molecule has 0 aliphatic carbocycles. The molecule has 0 radical (unpaired) electrons. The number of nitro groups is 1. The maximum Gasteiger partial charge on any atom is 0.270 e. The van der Waals surface area contributed by atoms with Crippen molar-refractivity contribution in [2.24, 2.45) is 0 Å². The monoisotopic (exact) mass is 612 g/mol. The Morgan fingerprint density at radius 1 is 0.804 bits per heavy atom. The number of non-ortho nitro benzene ring substituents is 1. The minimum absolute atomic E-state index is 0.141. The Bertz CT molecular complexity index is 1850. The normalized spacial score (nSPS) is 14.0. The predicted octanol–water partition coefficient (Wildman–Crippen LogP) is 7.28. The van der Waals surface area contributed by atoms with Crippen molar-refractivity contribution in [3.05, 3.63) is 165 Å². The van der Waals surface area contributed by atoms with Gasteiger partial charge in [-0.25, -0.2) is 0 Å². The molecule has 0 saturated carbocycles. The zero-order chi connectivity index (χ0) is 32.0. The van der Waals surface area contributed by atoms with Gasteiger partial charge in [0.25, 0.3) is 17.5 Å². The highest BCUT2D eigenvalue weighted by atomic mass is 16.6. The molecular weight excluding hydrogens is 580 g/mol. The number of carbonyl (C=O) groups excluding carboxylic acids is 2.